The topological polar surface area (TPSA) is 105 Å². The van der Waals surface area contributed by atoms with Gasteiger partial charge in [-0.3, -0.25) is 4.79 Å². The van der Waals surface area contributed by atoms with Crippen LogP contribution in [0.15, 0.2) is 12.1 Å². The predicted octanol–water partition coefficient (Wildman–Crippen LogP) is 1.01. The lowest BCUT2D eigenvalue weighted by Gasteiger charge is -2.29. The number of ether oxygens (including phenoxy) is 2. The molecule has 4 rings (SSSR count). The zero-order chi connectivity index (χ0) is 21.9. The monoisotopic (exact) mass is 432 g/mol. The van der Waals surface area contributed by atoms with Crippen LogP contribution in [0.25, 0.3) is 0 Å². The van der Waals surface area contributed by atoms with E-state index in [0.717, 1.165) is 30.9 Å². The van der Waals surface area contributed by atoms with Crippen molar-refractivity contribution in [1.29, 1.82) is 0 Å². The number of aromatic nitrogens is 2. The number of fused-ring (bicyclic) bond motifs is 1. The molecule has 3 fully saturated rings. The summed E-state index contributed by atoms with van der Waals surface area (Å²) in [7, 11) is 0. The van der Waals surface area contributed by atoms with Crippen LogP contribution in [0.4, 0.5) is 19.0 Å². The van der Waals surface area contributed by atoms with E-state index < -0.39 is 12.1 Å². The number of alkyl halides is 3. The van der Waals surface area contributed by atoms with Crippen LogP contribution in [-0.2, 0) is 19.1 Å². The Balaban J connectivity index is 0.000000318. The third-order valence-electron chi connectivity index (χ3n) is 5.20. The number of hydrogen-bond donors (Lipinski definition) is 1. The molecule has 0 unspecified atom stereocenters. The summed E-state index contributed by atoms with van der Waals surface area (Å²) in [6.07, 6.45) is -3.62. The molecule has 4 heterocycles. The first-order valence-electron chi connectivity index (χ1n) is 9.56. The van der Waals surface area contributed by atoms with Crippen molar-refractivity contribution >= 4 is 17.7 Å². The predicted molar refractivity (Wildman–Crippen MR) is 96.9 cm³/mol. The number of morpholine rings is 1. The van der Waals surface area contributed by atoms with E-state index in [1.165, 1.54) is 0 Å². The van der Waals surface area contributed by atoms with Crippen LogP contribution in [0.3, 0.4) is 0 Å². The molecule has 0 spiro atoms. The Bertz CT molecular complexity index is 755. The number of aryl methyl sites for hydroxylation is 1. The summed E-state index contributed by atoms with van der Waals surface area (Å²) in [5, 5.41) is 15.6. The van der Waals surface area contributed by atoms with E-state index in [1.807, 2.05) is 24.0 Å². The van der Waals surface area contributed by atoms with Crippen molar-refractivity contribution in [2.24, 2.45) is 0 Å². The van der Waals surface area contributed by atoms with E-state index in [4.69, 9.17) is 19.4 Å². The van der Waals surface area contributed by atoms with E-state index in [-0.39, 0.29) is 24.2 Å². The molecule has 3 aliphatic rings. The molecule has 3 atom stereocenters. The van der Waals surface area contributed by atoms with Crippen LogP contribution >= 0.6 is 0 Å². The van der Waals surface area contributed by atoms with Gasteiger partial charge in [0.25, 0.3) is 5.91 Å². The summed E-state index contributed by atoms with van der Waals surface area (Å²) in [6, 6.07) is 4.20. The number of carbonyl (C=O) groups is 2. The Kier molecular flexibility index (Phi) is 6.76. The maximum Gasteiger partial charge on any atom is 0.490 e. The highest BCUT2D eigenvalue weighted by Crippen LogP contribution is 2.35. The van der Waals surface area contributed by atoms with Gasteiger partial charge in [0.1, 0.15) is 6.10 Å². The molecule has 3 aliphatic heterocycles. The second-order valence-corrected chi connectivity index (χ2v) is 7.22. The molecule has 30 heavy (non-hydrogen) atoms. The second kappa shape index (κ2) is 9.13. The van der Waals surface area contributed by atoms with Crippen molar-refractivity contribution in [1.82, 2.24) is 15.1 Å². The first-order valence-corrected chi connectivity index (χ1v) is 9.56. The summed E-state index contributed by atoms with van der Waals surface area (Å²) >= 11 is 0. The quantitative estimate of drug-likeness (QED) is 0.739. The number of amides is 1. The second-order valence-electron chi connectivity index (χ2n) is 7.22. The van der Waals surface area contributed by atoms with Crippen LogP contribution in [0.5, 0.6) is 0 Å². The van der Waals surface area contributed by atoms with Crippen molar-refractivity contribution in [3.05, 3.63) is 17.8 Å². The number of carbonyl (C=O) groups excluding carboxylic acids is 1. The SMILES string of the molecule is Cc1ccc(N2CC[C@@H]3O[C@H](C(=O)N4CCOCC4)C[C@@H]32)nn1.O=C(O)C(F)(F)F. The summed E-state index contributed by atoms with van der Waals surface area (Å²) < 4.78 is 43.1. The third-order valence-corrected chi connectivity index (χ3v) is 5.20. The highest BCUT2D eigenvalue weighted by atomic mass is 19.4. The Labute approximate surface area is 170 Å². The molecule has 1 aromatic heterocycles. The summed E-state index contributed by atoms with van der Waals surface area (Å²) in [5.74, 6) is -1.77. The van der Waals surface area contributed by atoms with Gasteiger partial charge in [0.2, 0.25) is 0 Å². The number of hydrogen-bond acceptors (Lipinski definition) is 7. The zero-order valence-electron chi connectivity index (χ0n) is 16.3. The lowest BCUT2D eigenvalue weighted by Crippen LogP contribution is -2.46. The lowest BCUT2D eigenvalue weighted by atomic mass is 10.1. The molecular formula is C18H23F3N4O5. The molecule has 166 valence electrons. The van der Waals surface area contributed by atoms with Crippen LogP contribution < -0.4 is 4.90 Å². The van der Waals surface area contributed by atoms with E-state index >= 15 is 0 Å². The average Bonchev–Trinajstić information content (AvgIpc) is 3.29. The number of anilines is 1. The molecule has 1 amide bonds. The molecule has 0 saturated carbocycles. The molecule has 9 nitrogen and oxygen atoms in total. The van der Waals surface area contributed by atoms with Crippen molar-refractivity contribution in [2.45, 2.75) is 44.2 Å². The minimum atomic E-state index is -5.08. The number of nitrogens with zero attached hydrogens (tertiary/aromatic N) is 4. The first-order chi connectivity index (χ1) is 14.2. The summed E-state index contributed by atoms with van der Waals surface area (Å²) in [6.45, 7) is 5.42. The van der Waals surface area contributed by atoms with Gasteiger partial charge in [0.05, 0.1) is 31.1 Å². The fourth-order valence-electron chi connectivity index (χ4n) is 3.72. The van der Waals surface area contributed by atoms with Crippen molar-refractivity contribution in [3.63, 3.8) is 0 Å². The summed E-state index contributed by atoms with van der Waals surface area (Å²) in [4.78, 5) is 25.6. The van der Waals surface area contributed by atoms with Gasteiger partial charge in [-0.15, -0.1) is 5.10 Å². The van der Waals surface area contributed by atoms with E-state index in [9.17, 15) is 18.0 Å². The Morgan fingerprint density at radius 1 is 1.17 bits per heavy atom. The number of aliphatic carboxylic acids is 1. The average molecular weight is 432 g/mol. The molecular weight excluding hydrogens is 409 g/mol. The molecule has 0 radical (unpaired) electrons. The maximum absolute atomic E-state index is 12.6. The number of rotatable bonds is 2. The smallest absolute Gasteiger partial charge is 0.475 e. The van der Waals surface area contributed by atoms with E-state index in [0.29, 0.717) is 26.3 Å². The van der Waals surface area contributed by atoms with Gasteiger partial charge < -0.3 is 24.4 Å². The molecule has 12 heteroatoms. The van der Waals surface area contributed by atoms with Crippen LogP contribution in [0.2, 0.25) is 0 Å². The van der Waals surface area contributed by atoms with Gasteiger partial charge in [-0.05, 0) is 25.5 Å². The normalized spacial score (nSPS) is 26.1. The van der Waals surface area contributed by atoms with Crippen molar-refractivity contribution in [2.75, 3.05) is 37.7 Å². The highest BCUT2D eigenvalue weighted by molar-refractivity contribution is 5.81. The van der Waals surface area contributed by atoms with Crippen molar-refractivity contribution < 1.29 is 37.3 Å². The molecule has 0 aromatic carbocycles. The Morgan fingerprint density at radius 3 is 2.40 bits per heavy atom. The summed E-state index contributed by atoms with van der Waals surface area (Å²) in [5.41, 5.74) is 0.910. The van der Waals surface area contributed by atoms with Crippen LogP contribution in [0.1, 0.15) is 18.5 Å². The van der Waals surface area contributed by atoms with Gasteiger partial charge in [-0.1, -0.05) is 0 Å². The molecule has 0 bridgehead atoms. The van der Waals surface area contributed by atoms with Gasteiger partial charge in [-0.25, -0.2) is 4.79 Å². The van der Waals surface area contributed by atoms with Gasteiger partial charge >= 0.3 is 12.1 Å². The van der Waals surface area contributed by atoms with E-state index in [1.54, 1.807) is 0 Å². The molecule has 1 N–H and O–H groups in total. The zero-order valence-corrected chi connectivity index (χ0v) is 16.3. The minimum Gasteiger partial charge on any atom is -0.475 e. The molecule has 0 aliphatic carbocycles. The molecule has 1 aromatic rings. The number of halogens is 3. The molecule has 3 saturated heterocycles. The Morgan fingerprint density at radius 2 is 1.83 bits per heavy atom. The number of carboxylic acids is 1. The fourth-order valence-corrected chi connectivity index (χ4v) is 3.72. The van der Waals surface area contributed by atoms with E-state index in [2.05, 4.69) is 15.1 Å². The minimum absolute atomic E-state index is 0.109. The first kappa shape index (κ1) is 22.2. The van der Waals surface area contributed by atoms with Crippen LogP contribution in [-0.4, -0.2) is 89.4 Å². The third kappa shape index (κ3) is 5.17. The lowest BCUT2D eigenvalue weighted by molar-refractivity contribution is -0.192. The van der Waals surface area contributed by atoms with Gasteiger partial charge in [0, 0.05) is 26.1 Å². The maximum atomic E-state index is 12.6. The highest BCUT2D eigenvalue weighted by Gasteiger charge is 2.47. The fraction of sp³-hybridized carbons (Fsp3) is 0.667. The van der Waals surface area contributed by atoms with Gasteiger partial charge in [0.15, 0.2) is 5.82 Å². The largest absolute Gasteiger partial charge is 0.490 e. The number of carboxylic acid groups (broad SMARTS) is 1. The van der Waals surface area contributed by atoms with Crippen LogP contribution in [0, 0.1) is 6.92 Å². The van der Waals surface area contributed by atoms with Crippen molar-refractivity contribution in [3.8, 4) is 0 Å². The van der Waals surface area contributed by atoms with Gasteiger partial charge in [-0.2, -0.15) is 18.3 Å². The standard InChI is InChI=1S/C16H22N4O3.C2HF3O2/c1-11-2-3-15(18-17-11)20-5-4-13-12(20)10-14(23-13)16(21)19-6-8-22-9-7-19;3-2(4,5)1(6)7/h2-3,12-14H,4-10H2,1H3;(H,6,7)/t12-,13-,14-;/m0./s1. The Hall–Kier alpha value is -2.47.